The Labute approximate surface area is 134 Å². The number of piperazine rings is 1. The van der Waals surface area contributed by atoms with Crippen LogP contribution in [0, 0.1) is 5.41 Å². The first-order valence-corrected chi connectivity index (χ1v) is 9.83. The van der Waals surface area contributed by atoms with Crippen LogP contribution in [0.2, 0.25) is 0 Å². The predicted molar refractivity (Wildman–Crippen MR) is 88.4 cm³/mol. The Bertz CT molecular complexity index is 552. The highest BCUT2D eigenvalue weighted by molar-refractivity contribution is 7.91. The van der Waals surface area contributed by atoms with Crippen molar-refractivity contribution in [1.29, 1.82) is 0 Å². The summed E-state index contributed by atoms with van der Waals surface area (Å²) in [5.41, 5.74) is 1.09. The lowest BCUT2D eigenvalue weighted by Gasteiger charge is -2.37. The van der Waals surface area contributed by atoms with Crippen molar-refractivity contribution in [3.8, 4) is 0 Å². The topological polar surface area (TPSA) is 57.7 Å². The van der Waals surface area contributed by atoms with Crippen molar-refractivity contribution in [3.63, 3.8) is 0 Å². The first kappa shape index (κ1) is 17.5. The van der Waals surface area contributed by atoms with Gasteiger partial charge in [0.15, 0.2) is 9.84 Å². The van der Waals surface area contributed by atoms with Crippen LogP contribution < -0.4 is 0 Å². The quantitative estimate of drug-likeness (QED) is 0.717. The highest BCUT2D eigenvalue weighted by Gasteiger charge is 2.34. The molecule has 0 bridgehead atoms. The number of nitrogens with zero attached hydrogens (tertiary/aromatic N) is 2. The molecule has 2 saturated heterocycles. The van der Waals surface area contributed by atoms with Crippen LogP contribution in [-0.4, -0.2) is 67.9 Å². The van der Waals surface area contributed by atoms with E-state index in [0.29, 0.717) is 18.8 Å². The molecule has 0 aliphatic carbocycles. The number of carbonyl (C=O) groups excluding carboxylic acids is 1. The molecule has 5 nitrogen and oxygen atoms in total. The smallest absolute Gasteiger partial charge is 0.246 e. The lowest BCUT2D eigenvalue weighted by Crippen LogP contribution is -2.52. The molecule has 22 heavy (non-hydrogen) atoms. The van der Waals surface area contributed by atoms with Crippen LogP contribution in [0.1, 0.15) is 34.1 Å². The van der Waals surface area contributed by atoms with E-state index in [4.69, 9.17) is 0 Å². The fourth-order valence-corrected chi connectivity index (χ4v) is 4.63. The van der Waals surface area contributed by atoms with Gasteiger partial charge in [-0.3, -0.25) is 9.69 Å². The van der Waals surface area contributed by atoms with Gasteiger partial charge in [-0.1, -0.05) is 26.3 Å². The average Bonchev–Trinajstić information content (AvgIpc) is 2.78. The molecule has 0 aromatic heterocycles. The van der Waals surface area contributed by atoms with Crippen molar-refractivity contribution in [1.82, 2.24) is 9.80 Å². The first-order chi connectivity index (χ1) is 10.1. The summed E-state index contributed by atoms with van der Waals surface area (Å²) in [6.07, 6.45) is 2.48. The molecule has 2 aliphatic heterocycles. The lowest BCUT2D eigenvalue weighted by atomic mass is 9.87. The monoisotopic (exact) mass is 328 g/mol. The van der Waals surface area contributed by atoms with E-state index < -0.39 is 9.84 Å². The third-order valence-corrected chi connectivity index (χ3v) is 6.62. The van der Waals surface area contributed by atoms with Gasteiger partial charge in [0.05, 0.1) is 11.5 Å². The molecular weight excluding hydrogens is 300 g/mol. The van der Waals surface area contributed by atoms with E-state index in [1.54, 1.807) is 6.08 Å². The van der Waals surface area contributed by atoms with Gasteiger partial charge in [0.25, 0.3) is 0 Å². The summed E-state index contributed by atoms with van der Waals surface area (Å²) in [6, 6.07) is 0.147. The highest BCUT2D eigenvalue weighted by atomic mass is 32.2. The van der Waals surface area contributed by atoms with Gasteiger partial charge in [0.2, 0.25) is 5.91 Å². The van der Waals surface area contributed by atoms with Crippen LogP contribution in [0.25, 0.3) is 0 Å². The van der Waals surface area contributed by atoms with Crippen LogP contribution in [0.15, 0.2) is 11.6 Å². The van der Waals surface area contributed by atoms with E-state index in [0.717, 1.165) is 25.1 Å². The molecular formula is C16H28N2O3S. The fourth-order valence-electron chi connectivity index (χ4n) is 2.86. The molecule has 2 aliphatic rings. The molecule has 0 unspecified atom stereocenters. The molecule has 0 saturated carbocycles. The molecule has 6 heteroatoms. The Hall–Kier alpha value is -0.880. The lowest BCUT2D eigenvalue weighted by molar-refractivity contribution is -0.128. The summed E-state index contributed by atoms with van der Waals surface area (Å²) in [7, 11) is -2.84. The van der Waals surface area contributed by atoms with Crippen LogP contribution in [0.3, 0.4) is 0 Å². The summed E-state index contributed by atoms with van der Waals surface area (Å²) in [4.78, 5) is 16.4. The first-order valence-electron chi connectivity index (χ1n) is 8.01. The van der Waals surface area contributed by atoms with Crippen LogP contribution in [-0.2, 0) is 14.6 Å². The largest absolute Gasteiger partial charge is 0.337 e. The summed E-state index contributed by atoms with van der Waals surface area (Å²) in [5, 5.41) is 0. The molecule has 1 atom stereocenters. The van der Waals surface area contributed by atoms with Crippen molar-refractivity contribution in [2.24, 2.45) is 5.41 Å². The van der Waals surface area contributed by atoms with E-state index >= 15 is 0 Å². The van der Waals surface area contributed by atoms with E-state index in [1.807, 2.05) is 11.8 Å². The van der Waals surface area contributed by atoms with E-state index in [-0.39, 0.29) is 23.1 Å². The number of rotatable bonds is 2. The van der Waals surface area contributed by atoms with Gasteiger partial charge in [0, 0.05) is 38.3 Å². The number of amides is 1. The van der Waals surface area contributed by atoms with E-state index in [9.17, 15) is 13.2 Å². The van der Waals surface area contributed by atoms with Crippen molar-refractivity contribution < 1.29 is 13.2 Å². The SMILES string of the molecule is C/C(=C/C(=O)N1CCN([C@H]2CCS(=O)(=O)C2)CC1)C(C)(C)C. The second kappa shape index (κ2) is 6.32. The Morgan fingerprint density at radius 1 is 1.14 bits per heavy atom. The van der Waals surface area contributed by atoms with Crippen molar-refractivity contribution in [2.75, 3.05) is 37.7 Å². The minimum absolute atomic E-state index is 0.00961. The van der Waals surface area contributed by atoms with Crippen LogP contribution >= 0.6 is 0 Å². The summed E-state index contributed by atoms with van der Waals surface area (Å²) >= 11 is 0. The minimum Gasteiger partial charge on any atom is -0.337 e. The minimum atomic E-state index is -2.84. The molecule has 2 rings (SSSR count). The van der Waals surface area contributed by atoms with Gasteiger partial charge >= 0.3 is 0 Å². The molecule has 126 valence electrons. The number of hydrogen-bond acceptors (Lipinski definition) is 4. The van der Waals surface area contributed by atoms with Crippen LogP contribution in [0.4, 0.5) is 0 Å². The van der Waals surface area contributed by atoms with Gasteiger partial charge < -0.3 is 4.90 Å². The van der Waals surface area contributed by atoms with Crippen molar-refractivity contribution in [2.45, 2.75) is 40.2 Å². The Kier molecular flexibility index (Phi) is 5.02. The summed E-state index contributed by atoms with van der Waals surface area (Å²) < 4.78 is 23.1. The third kappa shape index (κ3) is 4.32. The molecule has 0 aromatic rings. The van der Waals surface area contributed by atoms with E-state index in [2.05, 4.69) is 25.7 Å². The Morgan fingerprint density at radius 2 is 1.73 bits per heavy atom. The number of carbonyl (C=O) groups is 1. The maximum Gasteiger partial charge on any atom is 0.246 e. The average molecular weight is 328 g/mol. The second-order valence-electron chi connectivity index (χ2n) is 7.50. The standard InChI is InChI=1S/C16H28N2O3S/c1-13(16(2,3)4)11-15(19)18-8-6-17(7-9-18)14-5-10-22(20,21)12-14/h11,14H,5-10,12H2,1-4H3/b13-11-/t14-/m0/s1. The van der Waals surface area contributed by atoms with Gasteiger partial charge in [0.1, 0.15) is 0 Å². The number of sulfone groups is 1. The molecule has 2 fully saturated rings. The van der Waals surface area contributed by atoms with Gasteiger partial charge in [-0.05, 0) is 18.8 Å². The fraction of sp³-hybridized carbons (Fsp3) is 0.812. The van der Waals surface area contributed by atoms with Gasteiger partial charge in [-0.2, -0.15) is 0 Å². The zero-order chi connectivity index (χ0) is 16.5. The molecule has 1 amide bonds. The molecule has 0 N–H and O–H groups in total. The molecule has 0 aromatic carbocycles. The zero-order valence-electron chi connectivity index (χ0n) is 14.1. The zero-order valence-corrected chi connectivity index (χ0v) is 14.9. The van der Waals surface area contributed by atoms with Gasteiger partial charge in [-0.15, -0.1) is 0 Å². The molecule has 2 heterocycles. The maximum atomic E-state index is 12.3. The van der Waals surface area contributed by atoms with Crippen molar-refractivity contribution in [3.05, 3.63) is 11.6 Å². The Balaban J connectivity index is 1.89. The normalized spacial score (nSPS) is 27.2. The highest BCUT2D eigenvalue weighted by Crippen LogP contribution is 2.24. The number of allylic oxidation sites excluding steroid dienone is 1. The third-order valence-electron chi connectivity index (χ3n) is 4.87. The predicted octanol–water partition coefficient (Wildman–Crippen LogP) is 1.31. The summed E-state index contributed by atoms with van der Waals surface area (Å²) in [6.45, 7) is 11.2. The summed E-state index contributed by atoms with van der Waals surface area (Å²) in [5.74, 6) is 0.667. The van der Waals surface area contributed by atoms with Crippen LogP contribution in [0.5, 0.6) is 0 Å². The van der Waals surface area contributed by atoms with Crippen molar-refractivity contribution >= 4 is 15.7 Å². The second-order valence-corrected chi connectivity index (χ2v) is 9.72. The maximum absolute atomic E-state index is 12.3. The Morgan fingerprint density at radius 3 is 2.18 bits per heavy atom. The van der Waals surface area contributed by atoms with E-state index in [1.165, 1.54) is 0 Å². The molecule has 0 spiro atoms. The number of hydrogen-bond donors (Lipinski definition) is 0. The van der Waals surface area contributed by atoms with Gasteiger partial charge in [-0.25, -0.2) is 8.42 Å². The molecule has 0 radical (unpaired) electrons.